The Labute approximate surface area is 131 Å². The first-order chi connectivity index (χ1) is 10.0. The Kier molecular flexibility index (Phi) is 5.21. The van der Waals surface area contributed by atoms with E-state index in [1.165, 1.54) is 0 Å². The molecule has 112 valence electrons. The van der Waals surface area contributed by atoms with Crippen LogP contribution in [0.4, 0.5) is 0 Å². The van der Waals surface area contributed by atoms with Gasteiger partial charge in [-0.2, -0.15) is 0 Å². The van der Waals surface area contributed by atoms with Gasteiger partial charge in [-0.15, -0.1) is 0 Å². The molecule has 0 saturated heterocycles. The van der Waals surface area contributed by atoms with Crippen molar-refractivity contribution >= 4 is 11.6 Å². The minimum Gasteiger partial charge on any atom is -0.439 e. The third-order valence-corrected chi connectivity index (χ3v) is 3.64. The average molecular weight is 305 g/mol. The predicted octanol–water partition coefficient (Wildman–Crippen LogP) is 4.68. The minimum atomic E-state index is 0.353. The van der Waals surface area contributed by atoms with Crippen LogP contribution in [0.2, 0.25) is 5.02 Å². The first-order valence-corrected chi connectivity index (χ1v) is 7.46. The molecule has 3 nitrogen and oxygen atoms in total. The minimum absolute atomic E-state index is 0.353. The topological polar surface area (TPSA) is 34.1 Å². The molecule has 0 amide bonds. The van der Waals surface area contributed by atoms with E-state index < -0.39 is 0 Å². The van der Waals surface area contributed by atoms with Crippen molar-refractivity contribution < 1.29 is 4.74 Å². The van der Waals surface area contributed by atoms with Crippen LogP contribution < -0.4 is 10.1 Å². The maximum absolute atomic E-state index is 6.28. The number of nitrogens with one attached hydrogen (secondary N) is 1. The number of hydrogen-bond donors (Lipinski definition) is 1. The van der Waals surface area contributed by atoms with Gasteiger partial charge >= 0.3 is 0 Å². The third-order valence-electron chi connectivity index (χ3n) is 3.31. The third kappa shape index (κ3) is 3.96. The first kappa shape index (κ1) is 15.8. The van der Waals surface area contributed by atoms with Crippen LogP contribution in [0.15, 0.2) is 30.5 Å². The summed E-state index contributed by atoms with van der Waals surface area (Å²) in [6, 6.07) is 7.84. The maximum atomic E-state index is 6.28. The highest BCUT2D eigenvalue weighted by molar-refractivity contribution is 6.31. The van der Waals surface area contributed by atoms with Gasteiger partial charge in [-0.05, 0) is 48.7 Å². The molecule has 0 saturated carbocycles. The van der Waals surface area contributed by atoms with Gasteiger partial charge in [0.15, 0.2) is 0 Å². The van der Waals surface area contributed by atoms with Crippen LogP contribution in [0.1, 0.15) is 36.5 Å². The molecule has 4 heteroatoms. The van der Waals surface area contributed by atoms with E-state index in [1.54, 1.807) is 0 Å². The number of hydrogen-bond acceptors (Lipinski definition) is 3. The highest BCUT2D eigenvalue weighted by atomic mass is 35.5. The summed E-state index contributed by atoms with van der Waals surface area (Å²) in [5.41, 5.74) is 3.22. The second-order valence-electron chi connectivity index (χ2n) is 5.43. The molecule has 0 fully saturated rings. The summed E-state index contributed by atoms with van der Waals surface area (Å²) in [7, 11) is 1.91. The Bertz CT molecular complexity index is 609. The molecule has 0 bridgehead atoms. The fourth-order valence-corrected chi connectivity index (χ4v) is 2.55. The number of benzene rings is 1. The number of ether oxygens (including phenoxy) is 1. The largest absolute Gasteiger partial charge is 0.439 e. The van der Waals surface area contributed by atoms with Crippen molar-refractivity contribution in [1.82, 2.24) is 10.3 Å². The molecule has 0 radical (unpaired) electrons. The summed E-state index contributed by atoms with van der Waals surface area (Å²) in [4.78, 5) is 4.34. The normalized spacial score (nSPS) is 11.0. The molecule has 21 heavy (non-hydrogen) atoms. The van der Waals surface area contributed by atoms with E-state index in [2.05, 4.69) is 24.1 Å². The Hall–Kier alpha value is -1.58. The fraction of sp³-hybridized carbons (Fsp3) is 0.353. The monoisotopic (exact) mass is 304 g/mol. The zero-order valence-electron chi connectivity index (χ0n) is 12.9. The summed E-state index contributed by atoms with van der Waals surface area (Å²) in [6.07, 6.45) is 1.82. The van der Waals surface area contributed by atoms with Crippen molar-refractivity contribution in [2.75, 3.05) is 7.05 Å². The SMILES string of the molecule is CNCc1ccc(Oc2cc(C(C)C)c(Cl)cc2C)nc1. The van der Waals surface area contributed by atoms with Gasteiger partial charge in [0.2, 0.25) is 5.88 Å². The van der Waals surface area contributed by atoms with E-state index in [4.69, 9.17) is 16.3 Å². The van der Waals surface area contributed by atoms with Crippen molar-refractivity contribution in [2.45, 2.75) is 33.2 Å². The van der Waals surface area contributed by atoms with Gasteiger partial charge in [-0.25, -0.2) is 4.98 Å². The van der Waals surface area contributed by atoms with Crippen molar-refractivity contribution in [3.8, 4) is 11.6 Å². The highest BCUT2D eigenvalue weighted by Crippen LogP contribution is 2.33. The van der Waals surface area contributed by atoms with Crippen LogP contribution in [-0.2, 0) is 6.54 Å². The van der Waals surface area contributed by atoms with E-state index in [-0.39, 0.29) is 0 Å². The Morgan fingerprint density at radius 2 is 2.05 bits per heavy atom. The molecule has 2 rings (SSSR count). The lowest BCUT2D eigenvalue weighted by molar-refractivity contribution is 0.458. The molecule has 1 N–H and O–H groups in total. The first-order valence-electron chi connectivity index (χ1n) is 7.08. The van der Waals surface area contributed by atoms with Gasteiger partial charge in [0, 0.05) is 23.8 Å². The zero-order chi connectivity index (χ0) is 15.4. The molecule has 0 atom stereocenters. The smallest absolute Gasteiger partial charge is 0.219 e. The van der Waals surface area contributed by atoms with Gasteiger partial charge < -0.3 is 10.1 Å². The average Bonchev–Trinajstić information content (AvgIpc) is 2.43. The van der Waals surface area contributed by atoms with Crippen molar-refractivity contribution in [1.29, 1.82) is 0 Å². The second kappa shape index (κ2) is 6.92. The number of nitrogens with zero attached hydrogens (tertiary/aromatic N) is 1. The molecule has 0 unspecified atom stereocenters. The van der Waals surface area contributed by atoms with Gasteiger partial charge in [0.25, 0.3) is 0 Å². The molecule has 0 aliphatic carbocycles. The Morgan fingerprint density at radius 3 is 2.62 bits per heavy atom. The molecule has 1 aromatic heterocycles. The van der Waals surface area contributed by atoms with Crippen LogP contribution >= 0.6 is 11.6 Å². The lowest BCUT2D eigenvalue weighted by Crippen LogP contribution is -2.05. The van der Waals surface area contributed by atoms with Crippen LogP contribution in [0.5, 0.6) is 11.6 Å². The van der Waals surface area contributed by atoms with Gasteiger partial charge in [-0.3, -0.25) is 0 Å². The molecule has 0 spiro atoms. The molecular formula is C17H21ClN2O. The number of pyridine rings is 1. The van der Waals surface area contributed by atoms with Gasteiger partial charge in [-0.1, -0.05) is 31.5 Å². The molecule has 0 aliphatic heterocycles. The molecule has 2 aromatic rings. The summed E-state index contributed by atoms with van der Waals surface area (Å²) in [5, 5.41) is 3.88. The summed E-state index contributed by atoms with van der Waals surface area (Å²) in [6.45, 7) is 7.02. The number of halogens is 1. The quantitative estimate of drug-likeness (QED) is 0.871. The zero-order valence-corrected chi connectivity index (χ0v) is 13.7. The van der Waals surface area contributed by atoms with Crippen LogP contribution in [0.25, 0.3) is 0 Å². The molecule has 1 heterocycles. The van der Waals surface area contributed by atoms with E-state index in [1.807, 2.05) is 44.4 Å². The van der Waals surface area contributed by atoms with Crippen LogP contribution in [-0.4, -0.2) is 12.0 Å². The van der Waals surface area contributed by atoms with Crippen molar-refractivity contribution in [3.05, 3.63) is 52.2 Å². The van der Waals surface area contributed by atoms with Crippen LogP contribution in [0, 0.1) is 6.92 Å². The molecule has 0 aliphatic rings. The highest BCUT2D eigenvalue weighted by Gasteiger charge is 2.11. The van der Waals surface area contributed by atoms with Crippen molar-refractivity contribution in [2.24, 2.45) is 0 Å². The second-order valence-corrected chi connectivity index (χ2v) is 5.84. The molecular weight excluding hydrogens is 284 g/mol. The number of rotatable bonds is 5. The predicted molar refractivity (Wildman–Crippen MR) is 87.4 cm³/mol. The van der Waals surface area contributed by atoms with E-state index in [9.17, 15) is 0 Å². The summed E-state index contributed by atoms with van der Waals surface area (Å²) >= 11 is 6.28. The maximum Gasteiger partial charge on any atom is 0.219 e. The summed E-state index contributed by atoms with van der Waals surface area (Å²) in [5.74, 6) is 1.75. The van der Waals surface area contributed by atoms with Crippen molar-refractivity contribution in [3.63, 3.8) is 0 Å². The lowest BCUT2D eigenvalue weighted by atomic mass is 10.0. The number of aryl methyl sites for hydroxylation is 1. The summed E-state index contributed by atoms with van der Waals surface area (Å²) < 4.78 is 5.90. The van der Waals surface area contributed by atoms with Gasteiger partial charge in [0.05, 0.1) is 0 Å². The van der Waals surface area contributed by atoms with Crippen LogP contribution in [0.3, 0.4) is 0 Å². The fourth-order valence-electron chi connectivity index (χ4n) is 2.11. The molecule has 1 aromatic carbocycles. The van der Waals surface area contributed by atoms with E-state index in [0.29, 0.717) is 11.8 Å². The lowest BCUT2D eigenvalue weighted by Gasteiger charge is -2.14. The Balaban J connectivity index is 2.24. The van der Waals surface area contributed by atoms with Gasteiger partial charge in [0.1, 0.15) is 5.75 Å². The van der Waals surface area contributed by atoms with E-state index >= 15 is 0 Å². The number of aromatic nitrogens is 1. The van der Waals surface area contributed by atoms with E-state index in [0.717, 1.165) is 34.0 Å². The Morgan fingerprint density at radius 1 is 1.29 bits per heavy atom. The standard InChI is InChI=1S/C17H21ClN2O/c1-11(2)14-8-16(12(3)7-15(14)18)21-17-6-5-13(9-19-4)10-20-17/h5-8,10-11,19H,9H2,1-4H3.